The zero-order valence-corrected chi connectivity index (χ0v) is 6.57. The zero-order valence-electron chi connectivity index (χ0n) is 5.57. The van der Waals surface area contributed by atoms with E-state index in [4.69, 9.17) is 0 Å². The highest BCUT2D eigenvalue weighted by Crippen LogP contribution is 2.27. The van der Waals surface area contributed by atoms with Crippen molar-refractivity contribution in [2.75, 3.05) is 12.3 Å². The van der Waals surface area contributed by atoms with Gasteiger partial charge in [-0.1, -0.05) is 24.4 Å². The summed E-state index contributed by atoms with van der Waals surface area (Å²) >= 11 is 0. The lowest BCUT2D eigenvalue weighted by atomic mass is 10.3. The topological polar surface area (TPSA) is 0 Å². The van der Waals surface area contributed by atoms with Crippen molar-refractivity contribution >= 4 is 13.3 Å². The lowest BCUT2D eigenvalue weighted by molar-refractivity contribution is 1.50. The standard InChI is InChI=1S/C7H13P/c1-3-8-5-4-7(2)6-8/h4,6,8H,3,5H2,1-2H3. The van der Waals surface area contributed by atoms with Gasteiger partial charge in [0.05, 0.1) is 0 Å². The van der Waals surface area contributed by atoms with Gasteiger partial charge in [0.25, 0.3) is 0 Å². The van der Waals surface area contributed by atoms with Crippen molar-refractivity contribution in [2.45, 2.75) is 13.8 Å². The van der Waals surface area contributed by atoms with E-state index >= 15 is 0 Å². The van der Waals surface area contributed by atoms with Crippen LogP contribution in [0.2, 0.25) is 0 Å². The number of allylic oxidation sites excluding steroid dienone is 2. The molecule has 1 atom stereocenters. The lowest BCUT2D eigenvalue weighted by Crippen LogP contribution is -1.68. The Labute approximate surface area is 52.0 Å². The first kappa shape index (κ1) is 6.16. The third-order valence-corrected chi connectivity index (χ3v) is 4.07. The average Bonchev–Trinajstić information content (AvgIpc) is 2.14. The Kier molecular flexibility index (Phi) is 1.96. The van der Waals surface area contributed by atoms with Gasteiger partial charge in [0.15, 0.2) is 0 Å². The molecule has 1 unspecified atom stereocenters. The van der Waals surface area contributed by atoms with E-state index in [1.54, 1.807) is 0 Å². The van der Waals surface area contributed by atoms with Gasteiger partial charge < -0.3 is 0 Å². The summed E-state index contributed by atoms with van der Waals surface area (Å²) in [5, 5.41) is 0. The summed E-state index contributed by atoms with van der Waals surface area (Å²) in [5.41, 5.74) is 1.51. The molecule has 0 nitrogen and oxygen atoms in total. The second-order valence-electron chi connectivity index (χ2n) is 2.31. The van der Waals surface area contributed by atoms with E-state index in [0.29, 0.717) is 0 Å². The summed E-state index contributed by atoms with van der Waals surface area (Å²) in [5.74, 6) is 2.46. The molecule has 0 N–H and O–H groups in total. The highest BCUT2D eigenvalue weighted by atomic mass is 31.1. The van der Waals surface area contributed by atoms with Gasteiger partial charge in [-0.3, -0.25) is 0 Å². The Bertz CT molecular complexity index is 142. The van der Waals surface area contributed by atoms with Gasteiger partial charge in [0, 0.05) is 0 Å². The summed E-state index contributed by atoms with van der Waals surface area (Å²) in [4.78, 5) is 0. The molecule has 0 saturated heterocycles. The fourth-order valence-corrected chi connectivity index (χ4v) is 2.93. The van der Waals surface area contributed by atoms with Crippen LogP contribution in [0.1, 0.15) is 13.8 Å². The summed E-state index contributed by atoms with van der Waals surface area (Å²) in [6, 6.07) is 0. The van der Waals surface area contributed by atoms with Crippen molar-refractivity contribution in [1.29, 1.82) is 0 Å². The molecule has 1 heterocycles. The molecule has 0 saturated carbocycles. The first-order valence-electron chi connectivity index (χ1n) is 3.19. The van der Waals surface area contributed by atoms with E-state index in [9.17, 15) is 0 Å². The van der Waals surface area contributed by atoms with Crippen LogP contribution in [0.15, 0.2) is 11.6 Å². The summed E-state index contributed by atoms with van der Waals surface area (Å²) < 4.78 is 0. The fraction of sp³-hybridized carbons (Fsp3) is 0.571. The maximum absolute atomic E-state index is 2.46. The fourth-order valence-electron chi connectivity index (χ4n) is 0.978. The Hall–Kier alpha value is 0.0400. The normalized spacial score (nSPS) is 27.2. The average molecular weight is 128 g/mol. The molecular formula is C7H13P. The molecule has 46 valence electrons. The lowest BCUT2D eigenvalue weighted by Gasteiger charge is -1.91. The van der Waals surface area contributed by atoms with Crippen molar-refractivity contribution in [2.24, 2.45) is 0 Å². The minimum absolute atomic E-state index is 0.0177. The molecule has 0 radical (unpaired) electrons. The van der Waals surface area contributed by atoms with Crippen LogP contribution in [0.5, 0.6) is 0 Å². The van der Waals surface area contributed by atoms with Crippen LogP contribution in [0, 0.1) is 0 Å². The smallest absolute Gasteiger partial charge is 0.0166 e. The van der Waals surface area contributed by atoms with Crippen molar-refractivity contribution in [3.63, 3.8) is 0 Å². The molecule has 0 aromatic carbocycles. The Morgan fingerprint density at radius 3 is 2.75 bits per heavy atom. The molecule has 0 fully saturated rings. The minimum Gasteiger partial charge on any atom is -0.114 e. The number of rotatable bonds is 1. The van der Waals surface area contributed by atoms with Crippen molar-refractivity contribution in [3.8, 4) is 0 Å². The molecule has 0 bridgehead atoms. The zero-order chi connectivity index (χ0) is 5.98. The van der Waals surface area contributed by atoms with Crippen LogP contribution in [-0.4, -0.2) is 18.1 Å². The third kappa shape index (κ3) is 1.26. The van der Waals surface area contributed by atoms with Gasteiger partial charge in [0.2, 0.25) is 0 Å². The van der Waals surface area contributed by atoms with E-state index in [0.717, 1.165) is 0 Å². The Morgan fingerprint density at radius 1 is 1.75 bits per heavy atom. The van der Waals surface area contributed by atoms with Crippen LogP contribution in [0.25, 0.3) is 0 Å². The van der Waals surface area contributed by atoms with Crippen LogP contribution >= 0.6 is 7.55 Å². The second-order valence-corrected chi connectivity index (χ2v) is 5.03. The van der Waals surface area contributed by atoms with Gasteiger partial charge in [-0.2, -0.15) is 0 Å². The third-order valence-electron chi connectivity index (χ3n) is 1.57. The molecule has 1 rings (SSSR count). The molecule has 1 aliphatic rings. The first-order valence-corrected chi connectivity index (χ1v) is 5.18. The monoisotopic (exact) mass is 128 g/mol. The van der Waals surface area contributed by atoms with Crippen LogP contribution in [0.4, 0.5) is 0 Å². The first-order chi connectivity index (χ1) is 3.83. The largest absolute Gasteiger partial charge is 0.114 e. The van der Waals surface area contributed by atoms with E-state index in [1.807, 2.05) is 0 Å². The minimum atomic E-state index is -0.0177. The molecular weight excluding hydrogens is 115 g/mol. The Morgan fingerprint density at radius 2 is 2.50 bits per heavy atom. The molecule has 0 aromatic rings. The van der Waals surface area contributed by atoms with Crippen molar-refractivity contribution < 1.29 is 0 Å². The Balaban J connectivity index is 2.56. The van der Waals surface area contributed by atoms with E-state index < -0.39 is 0 Å². The summed E-state index contributed by atoms with van der Waals surface area (Å²) in [6.45, 7) is 4.49. The molecule has 1 heteroatoms. The van der Waals surface area contributed by atoms with E-state index in [2.05, 4.69) is 25.7 Å². The quantitative estimate of drug-likeness (QED) is 0.474. The molecule has 0 aromatic heterocycles. The number of hydrogen-bond acceptors (Lipinski definition) is 0. The SMILES string of the molecule is CC[PH]1=CC(C)=CC1. The maximum Gasteiger partial charge on any atom is -0.0166 e. The van der Waals surface area contributed by atoms with E-state index in [-0.39, 0.29) is 7.55 Å². The van der Waals surface area contributed by atoms with E-state index in [1.165, 1.54) is 17.9 Å². The predicted octanol–water partition coefficient (Wildman–Crippen LogP) is 1.98. The van der Waals surface area contributed by atoms with Gasteiger partial charge in [-0.05, 0) is 19.2 Å². The highest BCUT2D eigenvalue weighted by molar-refractivity contribution is 7.58. The van der Waals surface area contributed by atoms with Gasteiger partial charge >= 0.3 is 0 Å². The summed E-state index contributed by atoms with van der Waals surface area (Å²) in [7, 11) is -0.0177. The molecule has 0 aliphatic carbocycles. The maximum atomic E-state index is 2.46. The van der Waals surface area contributed by atoms with Crippen LogP contribution in [0.3, 0.4) is 0 Å². The molecule has 0 spiro atoms. The second kappa shape index (κ2) is 2.55. The summed E-state index contributed by atoms with van der Waals surface area (Å²) in [6.07, 6.45) is 5.14. The van der Waals surface area contributed by atoms with Crippen molar-refractivity contribution in [1.82, 2.24) is 0 Å². The van der Waals surface area contributed by atoms with Crippen LogP contribution < -0.4 is 0 Å². The predicted molar refractivity (Wildman–Crippen MR) is 43.5 cm³/mol. The van der Waals surface area contributed by atoms with Crippen LogP contribution in [-0.2, 0) is 0 Å². The number of hydrogen-bond donors (Lipinski definition) is 0. The molecule has 0 amide bonds. The van der Waals surface area contributed by atoms with Crippen molar-refractivity contribution in [3.05, 3.63) is 11.6 Å². The molecule has 8 heavy (non-hydrogen) atoms. The molecule has 1 aliphatic heterocycles. The van der Waals surface area contributed by atoms with Gasteiger partial charge in [-0.25, -0.2) is 0 Å². The highest BCUT2D eigenvalue weighted by Gasteiger charge is 1.96. The van der Waals surface area contributed by atoms with Gasteiger partial charge in [0.1, 0.15) is 0 Å². The van der Waals surface area contributed by atoms with Gasteiger partial charge in [-0.15, -0.1) is 7.55 Å².